The van der Waals surface area contributed by atoms with E-state index in [2.05, 4.69) is 10.6 Å². The molecule has 0 unspecified atom stereocenters. The van der Waals surface area contributed by atoms with E-state index < -0.39 is 0 Å². The predicted molar refractivity (Wildman–Crippen MR) is 97.3 cm³/mol. The van der Waals surface area contributed by atoms with Crippen LogP contribution in [0.15, 0.2) is 24.3 Å². The molecule has 0 radical (unpaired) electrons. The zero-order chi connectivity index (χ0) is 18.2. The lowest BCUT2D eigenvalue weighted by Crippen LogP contribution is -2.33. The predicted octanol–water partition coefficient (Wildman–Crippen LogP) is 2.56. The van der Waals surface area contributed by atoms with Crippen LogP contribution >= 0.6 is 0 Å². The van der Waals surface area contributed by atoms with E-state index in [-0.39, 0.29) is 30.2 Å². The van der Waals surface area contributed by atoms with Crippen molar-refractivity contribution in [2.24, 2.45) is 0 Å². The molecule has 3 amide bonds. The van der Waals surface area contributed by atoms with E-state index in [0.717, 1.165) is 25.8 Å². The van der Waals surface area contributed by atoms with E-state index in [4.69, 9.17) is 0 Å². The second-order valence-corrected chi connectivity index (χ2v) is 6.70. The first-order valence-corrected chi connectivity index (χ1v) is 8.94. The highest BCUT2D eigenvalue weighted by Crippen LogP contribution is 2.13. The van der Waals surface area contributed by atoms with Crippen LogP contribution in [-0.2, 0) is 9.59 Å². The monoisotopic (exact) mass is 345 g/mol. The van der Waals surface area contributed by atoms with Crippen LogP contribution in [0.3, 0.4) is 0 Å². The van der Waals surface area contributed by atoms with Gasteiger partial charge in [-0.2, -0.15) is 0 Å². The van der Waals surface area contributed by atoms with Crippen LogP contribution in [0.4, 0.5) is 5.69 Å². The molecule has 1 fully saturated rings. The summed E-state index contributed by atoms with van der Waals surface area (Å²) in [5, 5.41) is 5.63. The SMILES string of the molecule is CC(C)NC(=O)c1ccc(NC(=O)CCN2CCCCCC2=O)cc1. The van der Waals surface area contributed by atoms with Gasteiger partial charge in [0.25, 0.3) is 5.91 Å². The van der Waals surface area contributed by atoms with Gasteiger partial charge >= 0.3 is 0 Å². The molecule has 0 aliphatic carbocycles. The maximum atomic E-state index is 12.1. The maximum absolute atomic E-state index is 12.1. The molecule has 1 aliphatic heterocycles. The van der Waals surface area contributed by atoms with Gasteiger partial charge in [0, 0.05) is 43.2 Å². The van der Waals surface area contributed by atoms with Crippen molar-refractivity contribution in [3.63, 3.8) is 0 Å². The number of amides is 3. The van der Waals surface area contributed by atoms with Gasteiger partial charge in [0.15, 0.2) is 0 Å². The molecule has 6 heteroatoms. The van der Waals surface area contributed by atoms with E-state index >= 15 is 0 Å². The maximum Gasteiger partial charge on any atom is 0.251 e. The topological polar surface area (TPSA) is 78.5 Å². The molecular weight excluding hydrogens is 318 g/mol. The summed E-state index contributed by atoms with van der Waals surface area (Å²) >= 11 is 0. The highest BCUT2D eigenvalue weighted by molar-refractivity contribution is 5.96. The highest BCUT2D eigenvalue weighted by Gasteiger charge is 2.17. The van der Waals surface area contributed by atoms with Crippen LogP contribution in [0.2, 0.25) is 0 Å². The van der Waals surface area contributed by atoms with Crippen LogP contribution in [0.5, 0.6) is 0 Å². The van der Waals surface area contributed by atoms with Crippen LogP contribution in [-0.4, -0.2) is 41.8 Å². The van der Waals surface area contributed by atoms with Crippen LogP contribution < -0.4 is 10.6 Å². The number of carbonyl (C=O) groups excluding carboxylic acids is 3. The summed E-state index contributed by atoms with van der Waals surface area (Å²) in [7, 11) is 0. The molecule has 1 aromatic carbocycles. The van der Waals surface area contributed by atoms with Gasteiger partial charge in [-0.1, -0.05) is 6.42 Å². The number of nitrogens with zero attached hydrogens (tertiary/aromatic N) is 1. The van der Waals surface area contributed by atoms with Crippen LogP contribution in [0.25, 0.3) is 0 Å². The Bertz CT molecular complexity index is 611. The van der Waals surface area contributed by atoms with Gasteiger partial charge in [-0.3, -0.25) is 14.4 Å². The quantitative estimate of drug-likeness (QED) is 0.832. The molecule has 1 aromatic rings. The zero-order valence-electron chi connectivity index (χ0n) is 15.0. The average molecular weight is 345 g/mol. The van der Waals surface area contributed by atoms with Gasteiger partial charge < -0.3 is 15.5 Å². The summed E-state index contributed by atoms with van der Waals surface area (Å²) in [5.41, 5.74) is 1.20. The lowest BCUT2D eigenvalue weighted by Gasteiger charge is -2.20. The molecule has 25 heavy (non-hydrogen) atoms. The number of hydrogen-bond donors (Lipinski definition) is 2. The van der Waals surface area contributed by atoms with Crippen molar-refractivity contribution in [3.05, 3.63) is 29.8 Å². The van der Waals surface area contributed by atoms with Gasteiger partial charge in [0.05, 0.1) is 0 Å². The molecule has 136 valence electrons. The van der Waals surface area contributed by atoms with Gasteiger partial charge in [-0.05, 0) is 51.0 Å². The molecule has 0 atom stereocenters. The third kappa shape index (κ3) is 6.21. The molecule has 1 heterocycles. The minimum absolute atomic E-state index is 0.0774. The smallest absolute Gasteiger partial charge is 0.251 e. The fourth-order valence-corrected chi connectivity index (χ4v) is 2.79. The Labute approximate surface area is 149 Å². The fraction of sp³-hybridized carbons (Fsp3) is 0.526. The Morgan fingerprint density at radius 1 is 1.12 bits per heavy atom. The summed E-state index contributed by atoms with van der Waals surface area (Å²) in [6.07, 6.45) is 3.89. The van der Waals surface area contributed by atoms with Crippen molar-refractivity contribution in [1.82, 2.24) is 10.2 Å². The number of nitrogens with one attached hydrogen (secondary N) is 2. The Morgan fingerprint density at radius 3 is 2.52 bits per heavy atom. The van der Waals surface area contributed by atoms with Crippen molar-refractivity contribution in [1.29, 1.82) is 0 Å². The minimum Gasteiger partial charge on any atom is -0.350 e. The molecule has 6 nitrogen and oxygen atoms in total. The Kier molecular flexibility index (Phi) is 6.98. The van der Waals surface area contributed by atoms with Crippen molar-refractivity contribution >= 4 is 23.4 Å². The Morgan fingerprint density at radius 2 is 1.84 bits per heavy atom. The molecule has 0 saturated carbocycles. The number of anilines is 1. The summed E-state index contributed by atoms with van der Waals surface area (Å²) in [6, 6.07) is 6.87. The summed E-state index contributed by atoms with van der Waals surface area (Å²) in [4.78, 5) is 37.7. The molecule has 0 bridgehead atoms. The molecule has 2 rings (SSSR count). The van der Waals surface area contributed by atoms with E-state index in [9.17, 15) is 14.4 Å². The lowest BCUT2D eigenvalue weighted by molar-refractivity contribution is -0.131. The summed E-state index contributed by atoms with van der Waals surface area (Å²) in [5.74, 6) is -0.116. The standard InChI is InChI=1S/C19H27N3O3/c1-14(2)20-19(25)15-7-9-16(10-8-15)21-17(23)11-13-22-12-5-3-4-6-18(22)24/h7-10,14H,3-6,11-13H2,1-2H3,(H,20,25)(H,21,23). The fourth-order valence-electron chi connectivity index (χ4n) is 2.79. The first kappa shape index (κ1) is 19.0. The van der Waals surface area contributed by atoms with E-state index in [1.165, 1.54) is 0 Å². The molecule has 2 N–H and O–H groups in total. The van der Waals surface area contributed by atoms with Crippen molar-refractivity contribution in [2.45, 2.75) is 52.0 Å². The number of hydrogen-bond acceptors (Lipinski definition) is 3. The molecule has 1 saturated heterocycles. The molecule has 0 aromatic heterocycles. The highest BCUT2D eigenvalue weighted by atomic mass is 16.2. The van der Waals surface area contributed by atoms with Gasteiger partial charge in [-0.25, -0.2) is 0 Å². The van der Waals surface area contributed by atoms with Gasteiger partial charge in [0.2, 0.25) is 11.8 Å². The van der Waals surface area contributed by atoms with Crippen molar-refractivity contribution in [2.75, 3.05) is 18.4 Å². The summed E-state index contributed by atoms with van der Waals surface area (Å²) in [6.45, 7) is 5.01. The zero-order valence-corrected chi connectivity index (χ0v) is 15.0. The first-order valence-electron chi connectivity index (χ1n) is 8.94. The summed E-state index contributed by atoms with van der Waals surface area (Å²) < 4.78 is 0. The number of carbonyl (C=O) groups is 3. The Hall–Kier alpha value is -2.37. The third-order valence-electron chi connectivity index (χ3n) is 4.13. The van der Waals surface area contributed by atoms with E-state index in [0.29, 0.717) is 24.2 Å². The lowest BCUT2D eigenvalue weighted by atomic mass is 10.2. The van der Waals surface area contributed by atoms with E-state index in [1.54, 1.807) is 29.2 Å². The van der Waals surface area contributed by atoms with Crippen LogP contribution in [0, 0.1) is 0 Å². The number of benzene rings is 1. The van der Waals surface area contributed by atoms with Gasteiger partial charge in [-0.15, -0.1) is 0 Å². The minimum atomic E-state index is -0.132. The number of likely N-dealkylation sites (tertiary alicyclic amines) is 1. The first-order chi connectivity index (χ1) is 12.0. The Balaban J connectivity index is 1.82. The van der Waals surface area contributed by atoms with Crippen molar-refractivity contribution < 1.29 is 14.4 Å². The third-order valence-corrected chi connectivity index (χ3v) is 4.13. The average Bonchev–Trinajstić information content (AvgIpc) is 2.77. The largest absolute Gasteiger partial charge is 0.350 e. The van der Waals surface area contributed by atoms with Crippen LogP contribution in [0.1, 0.15) is 56.3 Å². The second-order valence-electron chi connectivity index (χ2n) is 6.70. The number of rotatable bonds is 6. The van der Waals surface area contributed by atoms with E-state index in [1.807, 2.05) is 13.8 Å². The normalized spacial score (nSPS) is 15.0. The molecular formula is C19H27N3O3. The molecule has 0 spiro atoms. The second kappa shape index (κ2) is 9.20. The van der Waals surface area contributed by atoms with Crippen molar-refractivity contribution in [3.8, 4) is 0 Å². The van der Waals surface area contributed by atoms with Gasteiger partial charge in [0.1, 0.15) is 0 Å². The molecule has 1 aliphatic rings.